The van der Waals surface area contributed by atoms with Crippen molar-refractivity contribution in [2.45, 2.75) is 38.5 Å². The third-order valence-electron chi connectivity index (χ3n) is 4.01. The third kappa shape index (κ3) is 4.18. The topological polar surface area (TPSA) is 55.1 Å². The molecule has 0 atom stereocenters. The largest absolute Gasteiger partial charge is 0.330 e. The monoisotopic (exact) mass is 372 g/mol. The molecule has 2 rings (SSSR count). The summed E-state index contributed by atoms with van der Waals surface area (Å²) >= 11 is 2.25. The van der Waals surface area contributed by atoms with Gasteiger partial charge in [-0.25, -0.2) is 0 Å². The zero-order valence-electron chi connectivity index (χ0n) is 11.1. The molecule has 4 heteroatoms. The van der Waals surface area contributed by atoms with Crippen LogP contribution in [0.5, 0.6) is 0 Å². The maximum absolute atomic E-state index is 12.2. The quantitative estimate of drug-likeness (QED) is 0.795. The van der Waals surface area contributed by atoms with Crippen LogP contribution in [0.25, 0.3) is 0 Å². The zero-order valence-corrected chi connectivity index (χ0v) is 13.3. The van der Waals surface area contributed by atoms with Gasteiger partial charge in [0.2, 0.25) is 5.91 Å². The lowest BCUT2D eigenvalue weighted by Crippen LogP contribution is -2.36. The van der Waals surface area contributed by atoms with Crippen LogP contribution in [-0.2, 0) is 4.79 Å². The van der Waals surface area contributed by atoms with E-state index in [0.29, 0.717) is 13.0 Å². The molecule has 0 aliphatic heterocycles. The number of hydrogen-bond donors (Lipinski definition) is 2. The number of benzene rings is 1. The van der Waals surface area contributed by atoms with Crippen LogP contribution in [0.2, 0.25) is 0 Å². The smallest absolute Gasteiger partial charge is 0.224 e. The van der Waals surface area contributed by atoms with E-state index in [9.17, 15) is 4.79 Å². The van der Waals surface area contributed by atoms with Crippen molar-refractivity contribution < 1.29 is 4.79 Å². The summed E-state index contributed by atoms with van der Waals surface area (Å²) < 4.78 is 1.17. The summed E-state index contributed by atoms with van der Waals surface area (Å²) in [5.41, 5.74) is 6.82. The van der Waals surface area contributed by atoms with Gasteiger partial charge < -0.3 is 11.1 Å². The van der Waals surface area contributed by atoms with Gasteiger partial charge in [0.1, 0.15) is 0 Å². The van der Waals surface area contributed by atoms with E-state index >= 15 is 0 Å². The second-order valence-corrected chi connectivity index (χ2v) is 6.74. The van der Waals surface area contributed by atoms with Crippen molar-refractivity contribution in [1.29, 1.82) is 0 Å². The van der Waals surface area contributed by atoms with Gasteiger partial charge in [-0.05, 0) is 71.7 Å². The third-order valence-corrected chi connectivity index (χ3v) is 4.73. The molecular formula is C15H21IN2O. The molecule has 1 amide bonds. The number of rotatable bonds is 4. The Morgan fingerprint density at radius 3 is 2.42 bits per heavy atom. The van der Waals surface area contributed by atoms with Crippen LogP contribution in [-0.4, -0.2) is 12.5 Å². The first-order valence-electron chi connectivity index (χ1n) is 6.89. The van der Waals surface area contributed by atoms with Gasteiger partial charge in [0.05, 0.1) is 0 Å². The number of nitrogens with one attached hydrogen (secondary N) is 1. The number of carbonyl (C=O) groups is 1. The van der Waals surface area contributed by atoms with Crippen LogP contribution in [0.4, 0.5) is 5.69 Å². The van der Waals surface area contributed by atoms with Crippen molar-refractivity contribution in [2.75, 3.05) is 11.9 Å². The summed E-state index contributed by atoms with van der Waals surface area (Å²) in [6.45, 7) is 0.618. The number of carbonyl (C=O) groups excluding carboxylic acids is 1. The lowest BCUT2D eigenvalue weighted by molar-refractivity contribution is -0.118. The van der Waals surface area contributed by atoms with E-state index in [0.717, 1.165) is 18.5 Å². The van der Waals surface area contributed by atoms with Crippen LogP contribution in [0.15, 0.2) is 24.3 Å². The summed E-state index contributed by atoms with van der Waals surface area (Å²) in [4.78, 5) is 12.2. The molecular weight excluding hydrogens is 351 g/mol. The molecule has 0 bridgehead atoms. The molecule has 1 aliphatic carbocycles. The van der Waals surface area contributed by atoms with Gasteiger partial charge in [-0.3, -0.25) is 4.79 Å². The standard InChI is InChI=1S/C15H21IN2O/c16-12-4-6-13(7-5-12)18-14(19)10-15(11-17)8-2-1-3-9-15/h4-7H,1-3,8-11,17H2,(H,18,19). The molecule has 1 aromatic carbocycles. The molecule has 0 heterocycles. The molecule has 19 heavy (non-hydrogen) atoms. The minimum Gasteiger partial charge on any atom is -0.330 e. The molecule has 3 N–H and O–H groups in total. The number of nitrogens with two attached hydrogens (primary N) is 1. The first-order chi connectivity index (χ1) is 9.13. The van der Waals surface area contributed by atoms with Gasteiger partial charge in [-0.15, -0.1) is 0 Å². The van der Waals surface area contributed by atoms with Crippen LogP contribution < -0.4 is 11.1 Å². The van der Waals surface area contributed by atoms with Gasteiger partial charge in [0.25, 0.3) is 0 Å². The molecule has 3 nitrogen and oxygen atoms in total. The average molecular weight is 372 g/mol. The Morgan fingerprint density at radius 2 is 1.84 bits per heavy atom. The Bertz CT molecular complexity index is 424. The lowest BCUT2D eigenvalue weighted by Gasteiger charge is -2.35. The van der Waals surface area contributed by atoms with Gasteiger partial charge in [0, 0.05) is 15.7 Å². The average Bonchev–Trinajstić information content (AvgIpc) is 2.42. The first-order valence-corrected chi connectivity index (χ1v) is 7.97. The van der Waals surface area contributed by atoms with Crippen LogP contribution in [0, 0.1) is 8.99 Å². The molecule has 1 aromatic rings. The first kappa shape index (κ1) is 14.8. The van der Waals surface area contributed by atoms with Crippen LogP contribution in [0.1, 0.15) is 38.5 Å². The van der Waals surface area contributed by atoms with Crippen LogP contribution >= 0.6 is 22.6 Å². The Hall–Kier alpha value is -0.620. The Labute approximate surface area is 128 Å². The molecule has 1 fully saturated rings. The molecule has 0 radical (unpaired) electrons. The van der Waals surface area contributed by atoms with E-state index in [1.807, 2.05) is 24.3 Å². The van der Waals surface area contributed by atoms with Gasteiger partial charge in [0.15, 0.2) is 0 Å². The van der Waals surface area contributed by atoms with Gasteiger partial charge >= 0.3 is 0 Å². The second-order valence-electron chi connectivity index (χ2n) is 5.50. The zero-order chi connectivity index (χ0) is 13.7. The van der Waals surface area contributed by atoms with Crippen LogP contribution in [0.3, 0.4) is 0 Å². The van der Waals surface area contributed by atoms with Crippen molar-refractivity contribution in [3.8, 4) is 0 Å². The molecule has 1 aliphatic rings. The van der Waals surface area contributed by atoms with Crippen molar-refractivity contribution in [3.05, 3.63) is 27.8 Å². The summed E-state index contributed by atoms with van der Waals surface area (Å²) in [5, 5.41) is 2.98. The molecule has 0 unspecified atom stereocenters. The highest BCUT2D eigenvalue weighted by Gasteiger charge is 2.32. The lowest BCUT2D eigenvalue weighted by atomic mass is 9.71. The summed E-state index contributed by atoms with van der Waals surface area (Å²) in [5.74, 6) is 0.0913. The van der Waals surface area contributed by atoms with Gasteiger partial charge in [-0.2, -0.15) is 0 Å². The number of amides is 1. The maximum atomic E-state index is 12.2. The fourth-order valence-corrected chi connectivity index (χ4v) is 3.19. The van der Waals surface area contributed by atoms with E-state index in [1.54, 1.807) is 0 Å². The highest BCUT2D eigenvalue weighted by Crippen LogP contribution is 2.38. The normalized spacial score (nSPS) is 18.0. The van der Waals surface area contributed by atoms with Crippen molar-refractivity contribution in [1.82, 2.24) is 0 Å². The molecule has 104 valence electrons. The highest BCUT2D eigenvalue weighted by molar-refractivity contribution is 14.1. The fourth-order valence-electron chi connectivity index (χ4n) is 2.83. The number of anilines is 1. The van der Waals surface area contributed by atoms with E-state index < -0.39 is 0 Å². The predicted octanol–water partition coefficient (Wildman–Crippen LogP) is 3.53. The molecule has 0 saturated heterocycles. The van der Waals surface area contributed by atoms with Gasteiger partial charge in [-0.1, -0.05) is 19.3 Å². The maximum Gasteiger partial charge on any atom is 0.224 e. The minimum absolute atomic E-state index is 0.0333. The fraction of sp³-hybridized carbons (Fsp3) is 0.533. The summed E-state index contributed by atoms with van der Waals surface area (Å²) in [6, 6.07) is 7.87. The van der Waals surface area contributed by atoms with E-state index in [2.05, 4.69) is 27.9 Å². The Kier molecular flexibility index (Phi) is 5.21. The molecule has 0 spiro atoms. The van der Waals surface area contributed by atoms with Crippen molar-refractivity contribution in [2.24, 2.45) is 11.1 Å². The van der Waals surface area contributed by atoms with Crippen molar-refractivity contribution >= 4 is 34.2 Å². The highest BCUT2D eigenvalue weighted by atomic mass is 127. The van der Waals surface area contributed by atoms with E-state index in [4.69, 9.17) is 5.73 Å². The number of halogens is 1. The second kappa shape index (κ2) is 6.70. The molecule has 0 aromatic heterocycles. The Morgan fingerprint density at radius 1 is 1.21 bits per heavy atom. The summed E-state index contributed by atoms with van der Waals surface area (Å²) in [7, 11) is 0. The van der Waals surface area contributed by atoms with E-state index in [-0.39, 0.29) is 11.3 Å². The summed E-state index contributed by atoms with van der Waals surface area (Å²) in [6.07, 6.45) is 6.41. The van der Waals surface area contributed by atoms with Crippen molar-refractivity contribution in [3.63, 3.8) is 0 Å². The molecule has 1 saturated carbocycles. The Balaban J connectivity index is 1.94. The SMILES string of the molecule is NCC1(CC(=O)Nc2ccc(I)cc2)CCCCC1. The van der Waals surface area contributed by atoms with E-state index in [1.165, 1.54) is 22.8 Å². The predicted molar refractivity (Wildman–Crippen MR) is 87.0 cm³/mol. The minimum atomic E-state index is 0.0333. The number of hydrogen-bond acceptors (Lipinski definition) is 2.